The summed E-state index contributed by atoms with van der Waals surface area (Å²) >= 11 is 12.4. The van der Waals surface area contributed by atoms with E-state index in [1.54, 1.807) is 48.5 Å². The van der Waals surface area contributed by atoms with Crippen LogP contribution in [-0.2, 0) is 26.2 Å². The van der Waals surface area contributed by atoms with Gasteiger partial charge >= 0.3 is 0 Å². The predicted octanol–water partition coefficient (Wildman–Crippen LogP) is 6.07. The topological polar surface area (TPSA) is 105 Å². The predicted molar refractivity (Wildman–Crippen MR) is 172 cm³/mol. The van der Waals surface area contributed by atoms with Crippen molar-refractivity contribution in [2.24, 2.45) is 0 Å². The number of rotatable bonds is 13. The van der Waals surface area contributed by atoms with Gasteiger partial charge in [0, 0.05) is 18.7 Å². The summed E-state index contributed by atoms with van der Waals surface area (Å²) in [6.07, 6.45) is 4.14. The number of benzene rings is 3. The van der Waals surface area contributed by atoms with Gasteiger partial charge in [-0.3, -0.25) is 13.9 Å². The Morgan fingerprint density at radius 3 is 2.23 bits per heavy atom. The van der Waals surface area contributed by atoms with E-state index in [1.807, 2.05) is 6.92 Å². The molecule has 1 aliphatic rings. The fourth-order valence-electron chi connectivity index (χ4n) is 5.35. The highest BCUT2D eigenvalue weighted by molar-refractivity contribution is 7.92. The molecule has 12 heteroatoms. The number of nitrogens with zero attached hydrogens (tertiary/aromatic N) is 2. The van der Waals surface area contributed by atoms with Crippen molar-refractivity contribution < 1.29 is 27.5 Å². The largest absolute Gasteiger partial charge is 0.493 e. The van der Waals surface area contributed by atoms with Crippen LogP contribution >= 0.6 is 23.2 Å². The summed E-state index contributed by atoms with van der Waals surface area (Å²) in [5, 5.41) is 3.76. The molecule has 0 aliphatic heterocycles. The fourth-order valence-corrected chi connectivity index (χ4v) is 7.10. The molecule has 236 valence electrons. The molecule has 1 aliphatic carbocycles. The van der Waals surface area contributed by atoms with Gasteiger partial charge in [0.2, 0.25) is 11.8 Å². The smallest absolute Gasteiger partial charge is 0.264 e. The van der Waals surface area contributed by atoms with Gasteiger partial charge in [0.25, 0.3) is 10.0 Å². The van der Waals surface area contributed by atoms with Crippen molar-refractivity contribution in [3.8, 4) is 11.5 Å². The molecule has 1 saturated carbocycles. The van der Waals surface area contributed by atoms with E-state index in [2.05, 4.69) is 5.32 Å². The van der Waals surface area contributed by atoms with E-state index >= 15 is 0 Å². The minimum Gasteiger partial charge on any atom is -0.493 e. The van der Waals surface area contributed by atoms with E-state index in [-0.39, 0.29) is 29.1 Å². The molecule has 0 aromatic heterocycles. The quantitative estimate of drug-likeness (QED) is 0.238. The first-order chi connectivity index (χ1) is 21.1. The summed E-state index contributed by atoms with van der Waals surface area (Å²) in [5.74, 6) is -0.161. The van der Waals surface area contributed by atoms with E-state index in [9.17, 15) is 18.0 Å². The Morgan fingerprint density at radius 2 is 1.61 bits per heavy atom. The molecule has 2 amide bonds. The highest BCUT2D eigenvalue weighted by Gasteiger charge is 2.35. The first-order valence-corrected chi connectivity index (χ1v) is 16.6. The standard InChI is InChI=1S/C32H37Cl2N3O6S/c1-4-28(32(39)35-23-10-8-9-11-23)36(20-22-14-16-26(33)27(34)18-22)31(38)21-37(44(40,41)25-12-6-5-7-13-25)24-15-17-29(42-2)30(19-24)43-3/h5-7,12-19,23,28H,4,8-11,20-21H2,1-3H3,(H,35,39)/t28-/m0/s1. The number of hydrogen-bond acceptors (Lipinski definition) is 6. The second-order valence-corrected chi connectivity index (χ2v) is 13.2. The summed E-state index contributed by atoms with van der Waals surface area (Å²) in [5.41, 5.74) is 0.834. The summed E-state index contributed by atoms with van der Waals surface area (Å²) in [7, 11) is -1.32. The molecule has 1 fully saturated rings. The number of ether oxygens (including phenoxy) is 2. The van der Waals surface area contributed by atoms with E-state index in [4.69, 9.17) is 32.7 Å². The number of hydrogen-bond donors (Lipinski definition) is 1. The molecular formula is C32H37Cl2N3O6S. The van der Waals surface area contributed by atoms with Crippen LogP contribution in [0.15, 0.2) is 71.6 Å². The number of nitrogens with one attached hydrogen (secondary N) is 1. The third-order valence-corrected chi connectivity index (χ3v) is 10.2. The molecule has 4 rings (SSSR count). The molecule has 0 spiro atoms. The summed E-state index contributed by atoms with van der Waals surface area (Å²) in [6, 6.07) is 16.6. The lowest BCUT2D eigenvalue weighted by molar-refractivity contribution is -0.140. The minimum absolute atomic E-state index is 0.00429. The Bertz CT molecular complexity index is 1570. The van der Waals surface area contributed by atoms with Crippen molar-refractivity contribution in [3.05, 3.63) is 82.3 Å². The molecule has 0 heterocycles. The van der Waals surface area contributed by atoms with Crippen molar-refractivity contribution in [2.75, 3.05) is 25.1 Å². The van der Waals surface area contributed by atoms with Crippen molar-refractivity contribution in [1.29, 1.82) is 0 Å². The lowest BCUT2D eigenvalue weighted by atomic mass is 10.1. The maximum absolute atomic E-state index is 14.3. The molecule has 0 radical (unpaired) electrons. The Morgan fingerprint density at radius 1 is 0.932 bits per heavy atom. The summed E-state index contributed by atoms with van der Waals surface area (Å²) < 4.78 is 39.9. The minimum atomic E-state index is -4.23. The van der Waals surface area contributed by atoms with Gasteiger partial charge in [0.15, 0.2) is 11.5 Å². The van der Waals surface area contributed by atoms with E-state index < -0.39 is 28.5 Å². The SMILES string of the molecule is CC[C@@H](C(=O)NC1CCCC1)N(Cc1ccc(Cl)c(Cl)c1)C(=O)CN(c1ccc(OC)c(OC)c1)S(=O)(=O)c1ccccc1. The van der Waals surface area contributed by atoms with Crippen LogP contribution in [0.1, 0.15) is 44.6 Å². The van der Waals surface area contributed by atoms with Gasteiger partial charge < -0.3 is 19.7 Å². The maximum atomic E-state index is 14.3. The summed E-state index contributed by atoms with van der Waals surface area (Å²) in [4.78, 5) is 29.3. The van der Waals surface area contributed by atoms with Crippen LogP contribution < -0.4 is 19.1 Å². The second kappa shape index (κ2) is 15.0. The van der Waals surface area contributed by atoms with Crippen LogP contribution in [0.25, 0.3) is 0 Å². The first kappa shape index (κ1) is 33.4. The van der Waals surface area contributed by atoms with Gasteiger partial charge in [-0.05, 0) is 61.2 Å². The molecule has 0 unspecified atom stereocenters. The molecule has 1 atom stereocenters. The van der Waals surface area contributed by atoms with E-state index in [0.29, 0.717) is 33.5 Å². The van der Waals surface area contributed by atoms with Crippen LogP contribution in [0, 0.1) is 0 Å². The van der Waals surface area contributed by atoms with Gasteiger partial charge in [-0.15, -0.1) is 0 Å². The van der Waals surface area contributed by atoms with Crippen molar-refractivity contribution in [1.82, 2.24) is 10.2 Å². The van der Waals surface area contributed by atoms with Crippen LogP contribution in [0.2, 0.25) is 10.0 Å². The lowest BCUT2D eigenvalue weighted by Crippen LogP contribution is -2.53. The summed E-state index contributed by atoms with van der Waals surface area (Å²) in [6.45, 7) is 1.25. The van der Waals surface area contributed by atoms with Crippen molar-refractivity contribution in [3.63, 3.8) is 0 Å². The lowest BCUT2D eigenvalue weighted by Gasteiger charge is -2.34. The number of halogens is 2. The van der Waals surface area contributed by atoms with Crippen LogP contribution in [0.5, 0.6) is 11.5 Å². The number of anilines is 1. The Labute approximate surface area is 269 Å². The number of carbonyl (C=O) groups excluding carboxylic acids is 2. The Kier molecular flexibility index (Phi) is 11.4. The van der Waals surface area contributed by atoms with Gasteiger partial charge in [-0.25, -0.2) is 8.42 Å². The molecule has 44 heavy (non-hydrogen) atoms. The maximum Gasteiger partial charge on any atom is 0.264 e. The van der Waals surface area contributed by atoms with Crippen molar-refractivity contribution >= 4 is 50.7 Å². The third-order valence-electron chi connectivity index (χ3n) is 7.69. The molecular weight excluding hydrogens is 625 g/mol. The zero-order chi connectivity index (χ0) is 31.9. The highest BCUT2D eigenvalue weighted by atomic mass is 35.5. The number of amides is 2. The fraction of sp³-hybridized carbons (Fsp3) is 0.375. The van der Waals surface area contributed by atoms with Crippen molar-refractivity contribution in [2.45, 2.75) is 62.6 Å². The number of methoxy groups -OCH3 is 2. The molecule has 0 bridgehead atoms. The van der Waals surface area contributed by atoms with Gasteiger partial charge in [0.1, 0.15) is 12.6 Å². The van der Waals surface area contributed by atoms with Gasteiger partial charge in [-0.1, -0.05) is 67.2 Å². The van der Waals surface area contributed by atoms with Crippen LogP contribution in [0.4, 0.5) is 5.69 Å². The molecule has 3 aromatic rings. The highest BCUT2D eigenvalue weighted by Crippen LogP contribution is 2.34. The molecule has 9 nitrogen and oxygen atoms in total. The van der Waals surface area contributed by atoms with Gasteiger partial charge in [-0.2, -0.15) is 0 Å². The number of carbonyl (C=O) groups is 2. The average Bonchev–Trinajstić information content (AvgIpc) is 3.54. The Hall–Kier alpha value is -3.47. The molecule has 0 saturated heterocycles. The third kappa shape index (κ3) is 7.78. The normalized spacial score (nSPS) is 14.1. The monoisotopic (exact) mass is 661 g/mol. The van der Waals surface area contributed by atoms with Gasteiger partial charge in [0.05, 0.1) is 34.8 Å². The zero-order valence-corrected chi connectivity index (χ0v) is 27.3. The first-order valence-electron chi connectivity index (χ1n) is 14.4. The zero-order valence-electron chi connectivity index (χ0n) is 25.0. The van der Waals surface area contributed by atoms with E-state index in [0.717, 1.165) is 30.0 Å². The molecule has 1 N–H and O–H groups in total. The second-order valence-electron chi connectivity index (χ2n) is 10.5. The molecule has 3 aromatic carbocycles. The Balaban J connectivity index is 1.76. The van der Waals surface area contributed by atoms with Crippen LogP contribution in [-0.4, -0.2) is 58.0 Å². The average molecular weight is 663 g/mol. The number of sulfonamides is 1. The van der Waals surface area contributed by atoms with E-state index in [1.165, 1.54) is 37.3 Å². The van der Waals surface area contributed by atoms with Crippen LogP contribution in [0.3, 0.4) is 0 Å².